The van der Waals surface area contributed by atoms with Crippen molar-refractivity contribution in [3.8, 4) is 6.07 Å². The van der Waals surface area contributed by atoms with Crippen LogP contribution in [0.3, 0.4) is 0 Å². The highest BCUT2D eigenvalue weighted by atomic mass is 19.1. The number of nitrogens with zero attached hydrogens (tertiary/aromatic N) is 2. The lowest BCUT2D eigenvalue weighted by Gasteiger charge is -2.32. The minimum absolute atomic E-state index is 0.0591. The standard InChI is InChI=1S/C28H27FN4O2/c1-19-6-11-24(32-28(35)31-18-23-4-2-3-5-26(23)29)16-25(19)27(34)33-14-12-22(13-15-33)21-9-7-20(17-30)8-10-21/h2-11,16,22H,12-15,18H2,1H3,(H2,31,32,35). The van der Waals surface area contributed by atoms with Crippen LogP contribution in [0.15, 0.2) is 66.7 Å². The van der Waals surface area contributed by atoms with Crippen LogP contribution in [0.1, 0.15) is 51.4 Å². The second-order valence-electron chi connectivity index (χ2n) is 8.73. The number of anilines is 1. The number of halogens is 1. The van der Waals surface area contributed by atoms with Gasteiger partial charge < -0.3 is 15.5 Å². The van der Waals surface area contributed by atoms with Crippen LogP contribution >= 0.6 is 0 Å². The van der Waals surface area contributed by atoms with Gasteiger partial charge >= 0.3 is 6.03 Å². The largest absolute Gasteiger partial charge is 0.339 e. The predicted molar refractivity (Wildman–Crippen MR) is 132 cm³/mol. The molecule has 0 aromatic heterocycles. The van der Waals surface area contributed by atoms with E-state index in [1.807, 2.05) is 42.2 Å². The predicted octanol–water partition coefficient (Wildman–Crippen LogP) is 5.35. The number of carbonyl (C=O) groups is 2. The lowest BCUT2D eigenvalue weighted by molar-refractivity contribution is 0.0712. The van der Waals surface area contributed by atoms with Crippen molar-refractivity contribution in [2.24, 2.45) is 0 Å². The Labute approximate surface area is 204 Å². The zero-order chi connectivity index (χ0) is 24.8. The average Bonchev–Trinajstić information content (AvgIpc) is 2.89. The minimum atomic E-state index is -0.473. The first-order valence-corrected chi connectivity index (χ1v) is 11.6. The average molecular weight is 471 g/mol. The Morgan fingerprint density at radius 2 is 1.77 bits per heavy atom. The first-order valence-electron chi connectivity index (χ1n) is 11.6. The normalized spacial score (nSPS) is 13.7. The topological polar surface area (TPSA) is 85.2 Å². The van der Waals surface area contributed by atoms with E-state index in [2.05, 4.69) is 16.7 Å². The fourth-order valence-electron chi connectivity index (χ4n) is 4.34. The summed E-state index contributed by atoms with van der Waals surface area (Å²) in [6.45, 7) is 3.22. The summed E-state index contributed by atoms with van der Waals surface area (Å²) in [4.78, 5) is 27.4. The molecule has 0 saturated carbocycles. The molecule has 3 amide bonds. The highest BCUT2D eigenvalue weighted by Gasteiger charge is 2.25. The Kier molecular flexibility index (Phi) is 7.41. The summed E-state index contributed by atoms with van der Waals surface area (Å²) in [7, 11) is 0. The number of amides is 3. The summed E-state index contributed by atoms with van der Waals surface area (Å²) in [6.07, 6.45) is 1.71. The van der Waals surface area contributed by atoms with E-state index in [1.165, 1.54) is 11.6 Å². The summed E-state index contributed by atoms with van der Waals surface area (Å²) in [6, 6.07) is 20.8. The highest BCUT2D eigenvalue weighted by Crippen LogP contribution is 2.29. The number of piperidine rings is 1. The van der Waals surface area contributed by atoms with Gasteiger partial charge in [-0.05, 0) is 67.1 Å². The van der Waals surface area contributed by atoms with E-state index in [9.17, 15) is 14.0 Å². The van der Waals surface area contributed by atoms with Crippen LogP contribution in [0.2, 0.25) is 0 Å². The van der Waals surface area contributed by atoms with Gasteiger partial charge in [0.1, 0.15) is 5.82 Å². The van der Waals surface area contributed by atoms with E-state index in [-0.39, 0.29) is 18.3 Å². The Morgan fingerprint density at radius 3 is 2.46 bits per heavy atom. The molecule has 1 fully saturated rings. The number of carbonyl (C=O) groups excluding carboxylic acids is 2. The van der Waals surface area contributed by atoms with Crippen LogP contribution in [0.5, 0.6) is 0 Å². The Balaban J connectivity index is 1.35. The number of hydrogen-bond acceptors (Lipinski definition) is 3. The van der Waals surface area contributed by atoms with Crippen molar-refractivity contribution in [2.45, 2.75) is 32.2 Å². The van der Waals surface area contributed by atoms with E-state index >= 15 is 0 Å². The van der Waals surface area contributed by atoms with Gasteiger partial charge in [-0.25, -0.2) is 9.18 Å². The maximum atomic E-state index is 13.8. The molecule has 2 N–H and O–H groups in total. The third kappa shape index (κ3) is 5.85. The number of hydrogen-bond donors (Lipinski definition) is 2. The van der Waals surface area contributed by atoms with Gasteiger partial charge in [0.05, 0.1) is 11.6 Å². The molecule has 35 heavy (non-hydrogen) atoms. The number of rotatable bonds is 5. The molecular weight excluding hydrogens is 443 g/mol. The van der Waals surface area contributed by atoms with Gasteiger partial charge in [0.15, 0.2) is 0 Å². The van der Waals surface area contributed by atoms with Gasteiger partial charge in [-0.15, -0.1) is 0 Å². The van der Waals surface area contributed by atoms with Crippen molar-refractivity contribution in [2.75, 3.05) is 18.4 Å². The monoisotopic (exact) mass is 470 g/mol. The number of nitrogens with one attached hydrogen (secondary N) is 2. The fourth-order valence-corrected chi connectivity index (χ4v) is 4.34. The summed E-state index contributed by atoms with van der Waals surface area (Å²) in [5.74, 6) is -0.0748. The quantitative estimate of drug-likeness (QED) is 0.527. The molecule has 1 aliphatic heterocycles. The SMILES string of the molecule is Cc1ccc(NC(=O)NCc2ccccc2F)cc1C(=O)N1CCC(c2ccc(C#N)cc2)CC1. The van der Waals surface area contributed by atoms with Crippen molar-refractivity contribution in [3.05, 3.63) is 100 Å². The van der Waals surface area contributed by atoms with Crippen LogP contribution < -0.4 is 10.6 Å². The zero-order valence-electron chi connectivity index (χ0n) is 19.6. The summed E-state index contributed by atoms with van der Waals surface area (Å²) < 4.78 is 13.8. The molecule has 6 nitrogen and oxygen atoms in total. The molecule has 1 aliphatic rings. The molecule has 0 unspecified atom stereocenters. The Morgan fingerprint density at radius 1 is 1.06 bits per heavy atom. The number of benzene rings is 3. The van der Waals surface area contributed by atoms with Gasteiger partial charge in [-0.2, -0.15) is 5.26 Å². The number of urea groups is 1. The lowest BCUT2D eigenvalue weighted by atomic mass is 9.88. The van der Waals surface area contributed by atoms with E-state index in [1.54, 1.807) is 30.3 Å². The number of nitriles is 1. The molecule has 0 spiro atoms. The van der Waals surface area contributed by atoms with E-state index < -0.39 is 6.03 Å². The lowest BCUT2D eigenvalue weighted by Crippen LogP contribution is -2.38. The van der Waals surface area contributed by atoms with Crippen LogP contribution in [-0.4, -0.2) is 29.9 Å². The Bertz CT molecular complexity index is 1260. The molecule has 3 aromatic carbocycles. The summed E-state index contributed by atoms with van der Waals surface area (Å²) >= 11 is 0. The maximum Gasteiger partial charge on any atom is 0.319 e. The molecule has 1 saturated heterocycles. The third-order valence-corrected chi connectivity index (χ3v) is 6.42. The van der Waals surface area contributed by atoms with Crippen LogP contribution in [0, 0.1) is 24.1 Å². The number of aryl methyl sites for hydroxylation is 1. The first kappa shape index (κ1) is 24.0. The van der Waals surface area contributed by atoms with Crippen molar-refractivity contribution in [1.82, 2.24) is 10.2 Å². The van der Waals surface area contributed by atoms with E-state index in [0.29, 0.717) is 41.4 Å². The van der Waals surface area contributed by atoms with Gasteiger partial charge in [-0.3, -0.25) is 4.79 Å². The molecule has 0 aliphatic carbocycles. The molecule has 1 heterocycles. The van der Waals surface area contributed by atoms with Crippen molar-refractivity contribution >= 4 is 17.6 Å². The van der Waals surface area contributed by atoms with Crippen molar-refractivity contribution < 1.29 is 14.0 Å². The summed E-state index contributed by atoms with van der Waals surface area (Å²) in [5.41, 5.74) is 4.12. The van der Waals surface area contributed by atoms with E-state index in [4.69, 9.17) is 5.26 Å². The molecule has 3 aromatic rings. The van der Waals surface area contributed by atoms with Crippen LogP contribution in [0.25, 0.3) is 0 Å². The van der Waals surface area contributed by atoms with Gasteiger partial charge in [-0.1, -0.05) is 36.4 Å². The molecule has 178 valence electrons. The second-order valence-corrected chi connectivity index (χ2v) is 8.73. The molecule has 7 heteroatoms. The molecular formula is C28H27FN4O2. The molecule has 0 radical (unpaired) electrons. The second kappa shape index (κ2) is 10.8. The third-order valence-electron chi connectivity index (χ3n) is 6.42. The summed E-state index contributed by atoms with van der Waals surface area (Å²) in [5, 5.41) is 14.4. The molecule has 4 rings (SSSR count). The van der Waals surface area contributed by atoms with Crippen LogP contribution in [0.4, 0.5) is 14.9 Å². The number of likely N-dealkylation sites (tertiary alicyclic amines) is 1. The molecule has 0 atom stereocenters. The maximum absolute atomic E-state index is 13.8. The van der Waals surface area contributed by atoms with Crippen molar-refractivity contribution in [3.63, 3.8) is 0 Å². The Hall–Kier alpha value is -4.18. The molecule has 0 bridgehead atoms. The van der Waals surface area contributed by atoms with E-state index in [0.717, 1.165) is 18.4 Å². The van der Waals surface area contributed by atoms with Crippen LogP contribution in [-0.2, 0) is 6.54 Å². The first-order chi connectivity index (χ1) is 16.9. The fraction of sp³-hybridized carbons (Fsp3) is 0.250. The van der Waals surface area contributed by atoms with Gasteiger partial charge in [0.2, 0.25) is 0 Å². The van der Waals surface area contributed by atoms with Crippen molar-refractivity contribution in [1.29, 1.82) is 5.26 Å². The smallest absolute Gasteiger partial charge is 0.319 e. The minimum Gasteiger partial charge on any atom is -0.339 e. The zero-order valence-corrected chi connectivity index (χ0v) is 19.6. The van der Waals surface area contributed by atoms with Gasteiger partial charge in [0.25, 0.3) is 5.91 Å². The highest BCUT2D eigenvalue weighted by molar-refractivity contribution is 5.98. The van der Waals surface area contributed by atoms with Gasteiger partial charge in [0, 0.05) is 36.4 Å².